The Kier molecular flexibility index (Phi) is 6.35. The maximum absolute atomic E-state index is 12.5. The predicted molar refractivity (Wildman–Crippen MR) is 101 cm³/mol. The molecular formula is C19H23N3O3S. The van der Waals surface area contributed by atoms with Crippen LogP contribution in [-0.4, -0.2) is 48.5 Å². The molecule has 1 atom stereocenters. The van der Waals surface area contributed by atoms with Crippen molar-refractivity contribution in [3.05, 3.63) is 40.7 Å². The minimum atomic E-state index is -0.168. The van der Waals surface area contributed by atoms with Gasteiger partial charge in [-0.15, -0.1) is 11.3 Å². The van der Waals surface area contributed by atoms with Gasteiger partial charge in [-0.3, -0.25) is 9.59 Å². The second-order valence-corrected chi connectivity index (χ2v) is 7.26. The number of amides is 2. The molecule has 0 spiro atoms. The molecule has 1 fully saturated rings. The van der Waals surface area contributed by atoms with E-state index >= 15 is 0 Å². The van der Waals surface area contributed by atoms with Gasteiger partial charge in [0.15, 0.2) is 0 Å². The van der Waals surface area contributed by atoms with E-state index in [-0.39, 0.29) is 24.3 Å². The molecule has 1 aliphatic heterocycles. The van der Waals surface area contributed by atoms with Crippen molar-refractivity contribution in [3.8, 4) is 11.3 Å². The van der Waals surface area contributed by atoms with E-state index in [1.54, 1.807) is 4.90 Å². The number of carbonyl (C=O) groups is 2. The third-order valence-electron chi connectivity index (χ3n) is 4.45. The van der Waals surface area contributed by atoms with Gasteiger partial charge < -0.3 is 15.0 Å². The molecule has 1 aromatic heterocycles. The molecular weight excluding hydrogens is 350 g/mol. The zero-order valence-electron chi connectivity index (χ0n) is 14.8. The molecule has 6 nitrogen and oxygen atoms in total. The van der Waals surface area contributed by atoms with E-state index in [0.717, 1.165) is 29.1 Å². The number of nitrogens with zero attached hydrogens (tertiary/aromatic N) is 2. The summed E-state index contributed by atoms with van der Waals surface area (Å²) in [5.41, 5.74) is 2.00. The highest BCUT2D eigenvalue weighted by molar-refractivity contribution is 7.09. The maximum atomic E-state index is 12.5. The van der Waals surface area contributed by atoms with Crippen LogP contribution in [0.25, 0.3) is 11.3 Å². The molecule has 0 aliphatic carbocycles. The van der Waals surface area contributed by atoms with Gasteiger partial charge in [0.05, 0.1) is 18.2 Å². The summed E-state index contributed by atoms with van der Waals surface area (Å²) in [6.45, 7) is 1.63. The van der Waals surface area contributed by atoms with Gasteiger partial charge in [0, 0.05) is 31.1 Å². The van der Waals surface area contributed by atoms with E-state index < -0.39 is 0 Å². The lowest BCUT2D eigenvalue weighted by molar-refractivity contribution is -0.139. The van der Waals surface area contributed by atoms with Crippen molar-refractivity contribution < 1.29 is 14.3 Å². The summed E-state index contributed by atoms with van der Waals surface area (Å²) in [4.78, 5) is 30.7. The molecule has 2 amide bonds. The molecule has 0 radical (unpaired) electrons. The largest absolute Gasteiger partial charge is 0.375 e. The monoisotopic (exact) mass is 373 g/mol. The van der Waals surface area contributed by atoms with Crippen molar-refractivity contribution in [3.63, 3.8) is 0 Å². The number of benzene rings is 1. The highest BCUT2D eigenvalue weighted by Crippen LogP contribution is 2.22. The van der Waals surface area contributed by atoms with E-state index in [2.05, 4.69) is 10.3 Å². The number of methoxy groups -OCH3 is 1. The van der Waals surface area contributed by atoms with Crippen molar-refractivity contribution in [1.82, 2.24) is 15.2 Å². The fourth-order valence-electron chi connectivity index (χ4n) is 3.07. The second-order valence-electron chi connectivity index (χ2n) is 6.32. The highest BCUT2D eigenvalue weighted by Gasteiger charge is 2.28. The molecule has 2 heterocycles. The first-order valence-electron chi connectivity index (χ1n) is 8.71. The van der Waals surface area contributed by atoms with E-state index in [9.17, 15) is 9.59 Å². The molecule has 3 rings (SSSR count). The Hall–Kier alpha value is -2.25. The molecule has 1 aliphatic rings. The lowest BCUT2D eigenvalue weighted by Crippen LogP contribution is -2.46. The average molecular weight is 373 g/mol. The number of aromatic nitrogens is 1. The molecule has 26 heavy (non-hydrogen) atoms. The summed E-state index contributed by atoms with van der Waals surface area (Å²) < 4.78 is 4.90. The zero-order chi connectivity index (χ0) is 18.4. The lowest BCUT2D eigenvalue weighted by Gasteiger charge is -2.31. The van der Waals surface area contributed by atoms with Gasteiger partial charge in [-0.1, -0.05) is 30.3 Å². The highest BCUT2D eigenvalue weighted by atomic mass is 32.1. The first-order valence-corrected chi connectivity index (χ1v) is 9.59. The third kappa shape index (κ3) is 4.68. The van der Waals surface area contributed by atoms with Crippen LogP contribution in [0.5, 0.6) is 0 Å². The number of rotatable bonds is 6. The minimum absolute atomic E-state index is 0.0172. The van der Waals surface area contributed by atoms with Crippen LogP contribution in [0.4, 0.5) is 0 Å². The Morgan fingerprint density at radius 1 is 1.35 bits per heavy atom. The normalized spacial score (nSPS) is 17.1. The number of nitrogens with one attached hydrogen (secondary N) is 1. The van der Waals surface area contributed by atoms with Crippen molar-refractivity contribution in [1.29, 1.82) is 0 Å². The van der Waals surface area contributed by atoms with Gasteiger partial charge in [0.25, 0.3) is 0 Å². The Bertz CT molecular complexity index is 747. The number of likely N-dealkylation sites (tertiary alicyclic amines) is 1. The number of piperidine rings is 1. The molecule has 138 valence electrons. The third-order valence-corrected chi connectivity index (χ3v) is 5.30. The van der Waals surface area contributed by atoms with Crippen molar-refractivity contribution in [2.24, 2.45) is 5.92 Å². The number of hydrogen-bond acceptors (Lipinski definition) is 5. The summed E-state index contributed by atoms with van der Waals surface area (Å²) in [7, 11) is 1.50. The van der Waals surface area contributed by atoms with Crippen molar-refractivity contribution >= 4 is 23.2 Å². The second kappa shape index (κ2) is 8.91. The SMILES string of the molecule is COCC(=O)N1CCC[C@@H](C(=O)NCc2nc(-c3ccccc3)cs2)C1. The standard InChI is InChI=1S/C19H23N3O3S/c1-25-12-18(23)22-9-5-8-15(11-22)19(24)20-10-17-21-16(13-26-17)14-6-3-2-4-7-14/h2-4,6-7,13,15H,5,8-12H2,1H3,(H,20,24)/t15-/m1/s1. The number of ether oxygens (including phenoxy) is 1. The van der Waals surface area contributed by atoms with E-state index in [1.165, 1.54) is 18.4 Å². The molecule has 1 saturated heterocycles. The first kappa shape index (κ1) is 18.5. The van der Waals surface area contributed by atoms with Crippen LogP contribution in [-0.2, 0) is 20.9 Å². The van der Waals surface area contributed by atoms with Crippen molar-refractivity contribution in [2.45, 2.75) is 19.4 Å². The van der Waals surface area contributed by atoms with Gasteiger partial charge in [-0.2, -0.15) is 0 Å². The fourth-order valence-corrected chi connectivity index (χ4v) is 3.82. The van der Waals surface area contributed by atoms with Gasteiger partial charge in [-0.25, -0.2) is 4.98 Å². The Labute approximate surface area is 157 Å². The Morgan fingerprint density at radius 3 is 2.92 bits per heavy atom. The van der Waals surface area contributed by atoms with Crippen LogP contribution >= 0.6 is 11.3 Å². The Morgan fingerprint density at radius 2 is 2.15 bits per heavy atom. The van der Waals surface area contributed by atoms with E-state index in [4.69, 9.17) is 4.74 Å². The molecule has 0 saturated carbocycles. The molecule has 0 unspecified atom stereocenters. The van der Waals surface area contributed by atoms with Gasteiger partial charge in [0.2, 0.25) is 11.8 Å². The topological polar surface area (TPSA) is 71.5 Å². The smallest absolute Gasteiger partial charge is 0.248 e. The number of carbonyl (C=O) groups excluding carboxylic acids is 2. The quantitative estimate of drug-likeness (QED) is 0.843. The van der Waals surface area contributed by atoms with Gasteiger partial charge >= 0.3 is 0 Å². The Balaban J connectivity index is 1.52. The summed E-state index contributed by atoms with van der Waals surface area (Å²) in [6.07, 6.45) is 1.64. The molecule has 7 heteroatoms. The fraction of sp³-hybridized carbons (Fsp3) is 0.421. The predicted octanol–water partition coefficient (Wildman–Crippen LogP) is 2.31. The van der Waals surface area contributed by atoms with Crippen molar-refractivity contribution in [2.75, 3.05) is 26.8 Å². The van der Waals surface area contributed by atoms with Crippen LogP contribution in [0, 0.1) is 5.92 Å². The number of thiazole rings is 1. The first-order chi connectivity index (χ1) is 12.7. The van der Waals surface area contributed by atoms with Crippen LogP contribution in [0.3, 0.4) is 0 Å². The van der Waals surface area contributed by atoms with Gasteiger partial charge in [-0.05, 0) is 12.8 Å². The van der Waals surface area contributed by atoms with Crippen LogP contribution in [0.15, 0.2) is 35.7 Å². The summed E-state index contributed by atoms with van der Waals surface area (Å²) in [5.74, 6) is -0.244. The average Bonchev–Trinajstić information content (AvgIpc) is 3.16. The summed E-state index contributed by atoms with van der Waals surface area (Å²) >= 11 is 1.54. The number of hydrogen-bond donors (Lipinski definition) is 1. The molecule has 1 aromatic carbocycles. The maximum Gasteiger partial charge on any atom is 0.248 e. The summed E-state index contributed by atoms with van der Waals surface area (Å²) in [5, 5.41) is 5.84. The van der Waals surface area contributed by atoms with Crippen LogP contribution in [0.1, 0.15) is 17.8 Å². The van der Waals surface area contributed by atoms with Gasteiger partial charge in [0.1, 0.15) is 11.6 Å². The van der Waals surface area contributed by atoms with E-state index in [0.29, 0.717) is 19.6 Å². The van der Waals surface area contributed by atoms with E-state index in [1.807, 2.05) is 35.7 Å². The molecule has 0 bridgehead atoms. The zero-order valence-corrected chi connectivity index (χ0v) is 15.6. The molecule has 2 aromatic rings. The summed E-state index contributed by atoms with van der Waals surface area (Å²) in [6, 6.07) is 9.98. The molecule has 1 N–H and O–H groups in total. The van der Waals surface area contributed by atoms with Crippen LogP contribution in [0.2, 0.25) is 0 Å². The van der Waals surface area contributed by atoms with Crippen LogP contribution < -0.4 is 5.32 Å². The lowest BCUT2D eigenvalue weighted by atomic mass is 9.97. The minimum Gasteiger partial charge on any atom is -0.375 e.